The standard InChI is InChI=1S/C28H36N4O5/c1-22-5-8-25(9-6-22)37-21-28(34)19-30(13-14-31(20-28)23(2)33)18-24-7-10-26(27(17-24)35-3)36-16-15-32-12-4-11-29-32/h4-12,17,34H,13-16,18-21H2,1-3H3/t28-/m1/s1. The molecule has 2 heterocycles. The maximum atomic E-state index is 12.2. The Labute approximate surface area is 218 Å². The number of amides is 1. The summed E-state index contributed by atoms with van der Waals surface area (Å²) in [5.41, 5.74) is 0.945. The van der Waals surface area contributed by atoms with Crippen LogP contribution in [0.3, 0.4) is 0 Å². The van der Waals surface area contributed by atoms with E-state index in [1.807, 2.05) is 66.3 Å². The summed E-state index contributed by atoms with van der Waals surface area (Å²) in [6, 6.07) is 15.5. The normalized spacial score (nSPS) is 18.3. The monoisotopic (exact) mass is 508 g/mol. The van der Waals surface area contributed by atoms with Crippen LogP contribution in [0.15, 0.2) is 60.9 Å². The van der Waals surface area contributed by atoms with E-state index in [4.69, 9.17) is 14.2 Å². The van der Waals surface area contributed by atoms with Crippen LogP contribution in [0.5, 0.6) is 17.2 Å². The molecule has 1 aliphatic rings. The number of carbonyl (C=O) groups excluding carboxylic acids is 1. The predicted octanol–water partition coefficient (Wildman–Crippen LogP) is 2.75. The fourth-order valence-electron chi connectivity index (χ4n) is 4.46. The van der Waals surface area contributed by atoms with Crippen molar-refractivity contribution in [2.75, 3.05) is 46.5 Å². The summed E-state index contributed by atoms with van der Waals surface area (Å²) in [7, 11) is 1.62. The van der Waals surface area contributed by atoms with Gasteiger partial charge in [0.05, 0.1) is 20.2 Å². The van der Waals surface area contributed by atoms with Crippen LogP contribution in [0.25, 0.3) is 0 Å². The van der Waals surface area contributed by atoms with Crippen LogP contribution < -0.4 is 14.2 Å². The highest BCUT2D eigenvalue weighted by molar-refractivity contribution is 5.73. The lowest BCUT2D eigenvalue weighted by molar-refractivity contribution is -0.132. The van der Waals surface area contributed by atoms with E-state index in [2.05, 4.69) is 10.00 Å². The Morgan fingerprint density at radius 2 is 1.89 bits per heavy atom. The van der Waals surface area contributed by atoms with Gasteiger partial charge in [-0.2, -0.15) is 5.10 Å². The van der Waals surface area contributed by atoms with Crippen molar-refractivity contribution in [3.8, 4) is 17.2 Å². The van der Waals surface area contributed by atoms with Crippen LogP contribution in [0.4, 0.5) is 0 Å². The van der Waals surface area contributed by atoms with Gasteiger partial charge in [0.1, 0.15) is 24.6 Å². The number of ether oxygens (including phenoxy) is 3. The second kappa shape index (κ2) is 12.1. The molecule has 0 spiro atoms. The molecule has 4 rings (SSSR count). The van der Waals surface area contributed by atoms with Gasteiger partial charge in [-0.3, -0.25) is 14.4 Å². The molecule has 1 N–H and O–H groups in total. The van der Waals surface area contributed by atoms with Crippen molar-refractivity contribution >= 4 is 5.91 Å². The van der Waals surface area contributed by atoms with Crippen molar-refractivity contribution in [1.29, 1.82) is 0 Å². The van der Waals surface area contributed by atoms with Crippen LogP contribution >= 0.6 is 0 Å². The van der Waals surface area contributed by atoms with Crippen molar-refractivity contribution in [1.82, 2.24) is 19.6 Å². The van der Waals surface area contributed by atoms with Gasteiger partial charge in [-0.05, 0) is 42.8 Å². The third-order valence-electron chi connectivity index (χ3n) is 6.43. The van der Waals surface area contributed by atoms with Gasteiger partial charge in [-0.1, -0.05) is 23.8 Å². The minimum Gasteiger partial charge on any atom is -0.493 e. The molecule has 1 aliphatic heterocycles. The molecule has 2 aromatic carbocycles. The first-order chi connectivity index (χ1) is 17.8. The smallest absolute Gasteiger partial charge is 0.219 e. The minimum absolute atomic E-state index is 0.0612. The number of rotatable bonds is 10. The Balaban J connectivity index is 1.42. The number of nitrogens with zero attached hydrogens (tertiary/aromatic N) is 4. The van der Waals surface area contributed by atoms with Crippen molar-refractivity contribution < 1.29 is 24.1 Å². The summed E-state index contributed by atoms with van der Waals surface area (Å²) >= 11 is 0. The zero-order chi connectivity index (χ0) is 26.3. The van der Waals surface area contributed by atoms with Crippen molar-refractivity contribution in [2.45, 2.75) is 32.5 Å². The minimum atomic E-state index is -1.22. The summed E-state index contributed by atoms with van der Waals surface area (Å²) in [5.74, 6) is 1.95. The van der Waals surface area contributed by atoms with E-state index in [1.165, 1.54) is 6.92 Å². The molecule has 0 saturated carbocycles. The summed E-state index contributed by atoms with van der Waals surface area (Å²) in [5, 5.41) is 15.7. The number of aryl methyl sites for hydroxylation is 1. The lowest BCUT2D eigenvalue weighted by atomic mass is 10.0. The second-order valence-electron chi connectivity index (χ2n) is 9.58. The SMILES string of the molecule is COc1cc(CN2CCN(C(C)=O)C[C@@](O)(COc3ccc(C)cc3)C2)ccc1OCCn1cccn1. The molecule has 1 saturated heterocycles. The van der Waals surface area contributed by atoms with E-state index in [0.29, 0.717) is 56.6 Å². The molecule has 9 nitrogen and oxygen atoms in total. The molecular weight excluding hydrogens is 472 g/mol. The van der Waals surface area contributed by atoms with Gasteiger partial charge >= 0.3 is 0 Å². The number of hydrogen-bond acceptors (Lipinski definition) is 7. The van der Waals surface area contributed by atoms with E-state index in [0.717, 1.165) is 11.1 Å². The fraction of sp³-hybridized carbons (Fsp3) is 0.429. The fourth-order valence-corrected chi connectivity index (χ4v) is 4.46. The number of benzene rings is 2. The van der Waals surface area contributed by atoms with E-state index >= 15 is 0 Å². The first-order valence-electron chi connectivity index (χ1n) is 12.5. The Morgan fingerprint density at radius 3 is 2.59 bits per heavy atom. The largest absolute Gasteiger partial charge is 0.493 e. The lowest BCUT2D eigenvalue weighted by Gasteiger charge is -2.32. The highest BCUT2D eigenvalue weighted by atomic mass is 16.5. The number of aliphatic hydroxyl groups is 1. The van der Waals surface area contributed by atoms with Gasteiger partial charge in [0.25, 0.3) is 0 Å². The molecule has 9 heteroatoms. The van der Waals surface area contributed by atoms with Gasteiger partial charge < -0.3 is 24.2 Å². The summed E-state index contributed by atoms with van der Waals surface area (Å²) in [4.78, 5) is 16.1. The average Bonchev–Trinajstić information content (AvgIpc) is 3.34. The molecule has 1 atom stereocenters. The quantitative estimate of drug-likeness (QED) is 0.451. The molecule has 0 unspecified atom stereocenters. The Kier molecular flexibility index (Phi) is 8.68. The van der Waals surface area contributed by atoms with Crippen LogP contribution in [0.2, 0.25) is 0 Å². The van der Waals surface area contributed by atoms with Crippen LogP contribution in [-0.4, -0.2) is 82.7 Å². The van der Waals surface area contributed by atoms with Crippen LogP contribution in [-0.2, 0) is 17.9 Å². The molecule has 37 heavy (non-hydrogen) atoms. The number of methoxy groups -OCH3 is 1. The molecular formula is C28H36N4O5. The number of aromatic nitrogens is 2. The summed E-state index contributed by atoms with van der Waals surface area (Å²) in [6.07, 6.45) is 3.63. The third kappa shape index (κ3) is 7.47. The highest BCUT2D eigenvalue weighted by Crippen LogP contribution is 2.29. The number of β-amino-alcohol motifs (C(OH)–C–C–N with tert-alkyl or cyclic N) is 1. The maximum absolute atomic E-state index is 12.2. The van der Waals surface area contributed by atoms with Gasteiger partial charge in [0.15, 0.2) is 11.5 Å². The van der Waals surface area contributed by atoms with Crippen LogP contribution in [0.1, 0.15) is 18.1 Å². The zero-order valence-electron chi connectivity index (χ0n) is 21.8. The summed E-state index contributed by atoms with van der Waals surface area (Å²) in [6.45, 7) is 7.09. The molecule has 0 bridgehead atoms. The van der Waals surface area contributed by atoms with Crippen molar-refractivity contribution in [3.05, 3.63) is 72.1 Å². The molecule has 3 aromatic rings. The first kappa shape index (κ1) is 26.5. The molecule has 198 valence electrons. The lowest BCUT2D eigenvalue weighted by Crippen LogP contribution is -2.51. The van der Waals surface area contributed by atoms with E-state index in [-0.39, 0.29) is 19.1 Å². The van der Waals surface area contributed by atoms with Crippen LogP contribution in [0, 0.1) is 6.92 Å². The number of hydrogen-bond donors (Lipinski definition) is 1. The Hall–Kier alpha value is -3.56. The average molecular weight is 509 g/mol. The third-order valence-corrected chi connectivity index (χ3v) is 6.43. The number of carbonyl (C=O) groups is 1. The van der Waals surface area contributed by atoms with Crippen molar-refractivity contribution in [3.63, 3.8) is 0 Å². The second-order valence-corrected chi connectivity index (χ2v) is 9.58. The molecule has 1 aromatic heterocycles. The van der Waals surface area contributed by atoms with E-state index < -0.39 is 5.60 Å². The maximum Gasteiger partial charge on any atom is 0.219 e. The van der Waals surface area contributed by atoms with E-state index in [9.17, 15) is 9.90 Å². The zero-order valence-corrected chi connectivity index (χ0v) is 21.8. The topological polar surface area (TPSA) is 89.3 Å². The molecule has 1 amide bonds. The molecule has 0 radical (unpaired) electrons. The van der Waals surface area contributed by atoms with Gasteiger partial charge in [-0.15, -0.1) is 0 Å². The Morgan fingerprint density at radius 1 is 1.08 bits per heavy atom. The first-order valence-corrected chi connectivity index (χ1v) is 12.5. The van der Waals surface area contributed by atoms with Gasteiger partial charge in [-0.25, -0.2) is 0 Å². The van der Waals surface area contributed by atoms with Gasteiger partial charge in [0, 0.05) is 45.5 Å². The van der Waals surface area contributed by atoms with Crippen molar-refractivity contribution in [2.24, 2.45) is 0 Å². The van der Waals surface area contributed by atoms with E-state index in [1.54, 1.807) is 18.2 Å². The summed E-state index contributed by atoms with van der Waals surface area (Å²) < 4.78 is 19.3. The predicted molar refractivity (Wildman–Crippen MR) is 140 cm³/mol. The Bertz CT molecular complexity index is 1150. The molecule has 0 aliphatic carbocycles. The van der Waals surface area contributed by atoms with Gasteiger partial charge in [0.2, 0.25) is 5.91 Å². The highest BCUT2D eigenvalue weighted by Gasteiger charge is 2.37. The molecule has 1 fully saturated rings.